The van der Waals surface area contributed by atoms with Crippen molar-refractivity contribution in [1.29, 1.82) is 0 Å². The van der Waals surface area contributed by atoms with Gasteiger partial charge in [-0.05, 0) is 48.8 Å². The number of methoxy groups -OCH3 is 1. The van der Waals surface area contributed by atoms with Crippen LogP contribution in [-0.2, 0) is 6.42 Å². The lowest BCUT2D eigenvalue weighted by Gasteiger charge is -2.39. The van der Waals surface area contributed by atoms with Crippen LogP contribution >= 0.6 is 0 Å². The van der Waals surface area contributed by atoms with Crippen LogP contribution in [0, 0.1) is 5.41 Å². The molecule has 0 aliphatic heterocycles. The molecule has 1 aromatic carbocycles. The Kier molecular flexibility index (Phi) is 4.87. The maximum absolute atomic E-state index is 6.46. The second-order valence-corrected chi connectivity index (χ2v) is 6.21. The maximum atomic E-state index is 6.46. The fraction of sp³-hybridized carbons (Fsp3) is 0.647. The second kappa shape index (κ2) is 6.42. The standard InChI is InChI=1S/C17H27NO/c1-17(12-4-3-5-13-17)16(18)11-8-14-6-9-15(19-2)10-7-14/h6-7,9-10,16H,3-5,8,11-13,18H2,1-2H3. The summed E-state index contributed by atoms with van der Waals surface area (Å²) in [4.78, 5) is 0. The highest BCUT2D eigenvalue weighted by atomic mass is 16.5. The summed E-state index contributed by atoms with van der Waals surface area (Å²) in [6, 6.07) is 8.69. The molecule has 2 nitrogen and oxygen atoms in total. The van der Waals surface area contributed by atoms with Gasteiger partial charge in [0.15, 0.2) is 0 Å². The van der Waals surface area contributed by atoms with Crippen molar-refractivity contribution in [1.82, 2.24) is 0 Å². The minimum absolute atomic E-state index is 0.329. The molecular weight excluding hydrogens is 234 g/mol. The van der Waals surface area contributed by atoms with Crippen molar-refractivity contribution >= 4 is 0 Å². The molecule has 0 heterocycles. The molecule has 0 saturated heterocycles. The Bertz CT molecular complexity index is 379. The average Bonchev–Trinajstić information content (AvgIpc) is 2.46. The minimum Gasteiger partial charge on any atom is -0.497 e. The van der Waals surface area contributed by atoms with E-state index < -0.39 is 0 Å². The molecule has 1 fully saturated rings. The van der Waals surface area contributed by atoms with Crippen LogP contribution in [0.5, 0.6) is 5.75 Å². The Morgan fingerprint density at radius 2 is 1.79 bits per heavy atom. The molecule has 1 unspecified atom stereocenters. The van der Waals surface area contributed by atoms with Gasteiger partial charge in [-0.2, -0.15) is 0 Å². The highest BCUT2D eigenvalue weighted by molar-refractivity contribution is 5.27. The fourth-order valence-electron chi connectivity index (χ4n) is 3.19. The van der Waals surface area contributed by atoms with Gasteiger partial charge < -0.3 is 10.5 Å². The highest BCUT2D eigenvalue weighted by Crippen LogP contribution is 2.39. The quantitative estimate of drug-likeness (QED) is 0.871. The van der Waals surface area contributed by atoms with Gasteiger partial charge in [0.05, 0.1) is 7.11 Å². The van der Waals surface area contributed by atoms with E-state index in [-0.39, 0.29) is 0 Å². The predicted molar refractivity (Wildman–Crippen MR) is 80.5 cm³/mol. The van der Waals surface area contributed by atoms with E-state index in [9.17, 15) is 0 Å². The molecule has 0 bridgehead atoms. The first-order chi connectivity index (χ1) is 9.14. The van der Waals surface area contributed by atoms with Gasteiger partial charge in [0, 0.05) is 6.04 Å². The second-order valence-electron chi connectivity index (χ2n) is 6.21. The summed E-state index contributed by atoms with van der Waals surface area (Å²) in [7, 11) is 1.70. The zero-order valence-corrected chi connectivity index (χ0v) is 12.3. The number of benzene rings is 1. The lowest BCUT2D eigenvalue weighted by atomic mass is 9.69. The number of hydrogen-bond donors (Lipinski definition) is 1. The van der Waals surface area contributed by atoms with Gasteiger partial charge in [0.25, 0.3) is 0 Å². The molecule has 19 heavy (non-hydrogen) atoms. The van der Waals surface area contributed by atoms with Crippen LogP contribution in [0.3, 0.4) is 0 Å². The summed E-state index contributed by atoms with van der Waals surface area (Å²) in [5.74, 6) is 0.923. The number of nitrogens with two attached hydrogens (primary N) is 1. The Morgan fingerprint density at radius 3 is 2.37 bits per heavy atom. The molecule has 0 radical (unpaired) electrons. The average molecular weight is 261 g/mol. The first kappa shape index (κ1) is 14.4. The molecule has 2 heteroatoms. The van der Waals surface area contributed by atoms with Crippen molar-refractivity contribution in [2.45, 2.75) is 57.9 Å². The summed E-state index contributed by atoms with van der Waals surface area (Å²) in [6.07, 6.45) is 8.86. The Hall–Kier alpha value is -1.02. The SMILES string of the molecule is COc1ccc(CCC(N)C2(C)CCCCC2)cc1. The number of ether oxygens (including phenoxy) is 1. The van der Waals surface area contributed by atoms with Crippen molar-refractivity contribution in [3.05, 3.63) is 29.8 Å². The number of hydrogen-bond acceptors (Lipinski definition) is 2. The molecule has 2 N–H and O–H groups in total. The third-order valence-electron chi connectivity index (χ3n) is 4.79. The first-order valence-corrected chi connectivity index (χ1v) is 7.52. The largest absolute Gasteiger partial charge is 0.497 e. The van der Waals surface area contributed by atoms with Gasteiger partial charge in [-0.3, -0.25) is 0 Å². The summed E-state index contributed by atoms with van der Waals surface area (Å²) < 4.78 is 5.18. The first-order valence-electron chi connectivity index (χ1n) is 7.52. The Labute approximate surface area is 117 Å². The summed E-state index contributed by atoms with van der Waals surface area (Å²) >= 11 is 0. The van der Waals surface area contributed by atoms with Crippen LogP contribution in [0.25, 0.3) is 0 Å². The molecule has 2 rings (SSSR count). The van der Waals surface area contributed by atoms with E-state index in [1.54, 1.807) is 7.11 Å². The van der Waals surface area contributed by atoms with Crippen LogP contribution < -0.4 is 10.5 Å². The highest BCUT2D eigenvalue weighted by Gasteiger charge is 2.32. The van der Waals surface area contributed by atoms with Crippen molar-refractivity contribution in [3.63, 3.8) is 0 Å². The van der Waals surface area contributed by atoms with Gasteiger partial charge in [0.2, 0.25) is 0 Å². The lowest BCUT2D eigenvalue weighted by molar-refractivity contribution is 0.163. The van der Waals surface area contributed by atoms with Crippen LogP contribution in [0.2, 0.25) is 0 Å². The van der Waals surface area contributed by atoms with E-state index in [0.29, 0.717) is 11.5 Å². The van der Waals surface area contributed by atoms with E-state index in [2.05, 4.69) is 19.1 Å². The molecular formula is C17H27NO. The van der Waals surface area contributed by atoms with Gasteiger partial charge in [-0.25, -0.2) is 0 Å². The molecule has 1 saturated carbocycles. The van der Waals surface area contributed by atoms with Crippen LogP contribution in [0.4, 0.5) is 0 Å². The molecule has 0 aromatic heterocycles. The zero-order valence-electron chi connectivity index (χ0n) is 12.3. The topological polar surface area (TPSA) is 35.2 Å². The van der Waals surface area contributed by atoms with Gasteiger partial charge >= 0.3 is 0 Å². The lowest BCUT2D eigenvalue weighted by Crippen LogP contribution is -2.41. The number of aryl methyl sites for hydroxylation is 1. The molecule has 1 aromatic rings. The van der Waals surface area contributed by atoms with E-state index >= 15 is 0 Å². The summed E-state index contributed by atoms with van der Waals surface area (Å²) in [6.45, 7) is 2.38. The van der Waals surface area contributed by atoms with Crippen molar-refractivity contribution in [3.8, 4) is 5.75 Å². The molecule has 1 aliphatic rings. The smallest absolute Gasteiger partial charge is 0.118 e. The van der Waals surface area contributed by atoms with Crippen LogP contribution in [0.1, 0.15) is 51.0 Å². The molecule has 1 aliphatic carbocycles. The van der Waals surface area contributed by atoms with E-state index in [1.807, 2.05) is 12.1 Å². The third kappa shape index (κ3) is 3.73. The summed E-state index contributed by atoms with van der Waals surface area (Å²) in [5.41, 5.74) is 8.18. The monoisotopic (exact) mass is 261 g/mol. The Morgan fingerprint density at radius 1 is 1.16 bits per heavy atom. The van der Waals surface area contributed by atoms with Crippen molar-refractivity contribution in [2.75, 3.05) is 7.11 Å². The van der Waals surface area contributed by atoms with Gasteiger partial charge in [-0.15, -0.1) is 0 Å². The summed E-state index contributed by atoms with van der Waals surface area (Å²) in [5, 5.41) is 0. The Balaban J connectivity index is 1.86. The number of rotatable bonds is 5. The van der Waals surface area contributed by atoms with Gasteiger partial charge in [0.1, 0.15) is 5.75 Å². The van der Waals surface area contributed by atoms with Crippen molar-refractivity contribution in [2.24, 2.45) is 11.1 Å². The predicted octanol–water partition coefficient (Wildman–Crippen LogP) is 3.93. The zero-order chi connectivity index (χ0) is 13.7. The van der Waals surface area contributed by atoms with Crippen LogP contribution in [0.15, 0.2) is 24.3 Å². The van der Waals surface area contributed by atoms with E-state index in [0.717, 1.165) is 18.6 Å². The van der Waals surface area contributed by atoms with Crippen molar-refractivity contribution < 1.29 is 4.74 Å². The molecule has 0 spiro atoms. The van der Waals surface area contributed by atoms with E-state index in [1.165, 1.54) is 37.7 Å². The fourth-order valence-corrected chi connectivity index (χ4v) is 3.19. The van der Waals surface area contributed by atoms with E-state index in [4.69, 9.17) is 10.5 Å². The van der Waals surface area contributed by atoms with Gasteiger partial charge in [-0.1, -0.05) is 38.3 Å². The maximum Gasteiger partial charge on any atom is 0.118 e. The molecule has 0 amide bonds. The molecule has 1 atom stereocenters. The molecule has 106 valence electrons. The minimum atomic E-state index is 0.329. The third-order valence-corrected chi connectivity index (χ3v) is 4.79. The normalized spacial score (nSPS) is 19.9. The van der Waals surface area contributed by atoms with Crippen LogP contribution in [-0.4, -0.2) is 13.2 Å².